The number of pyridine rings is 1. The van der Waals surface area contributed by atoms with Gasteiger partial charge in [-0.05, 0) is 39.4 Å². The van der Waals surface area contributed by atoms with Crippen LogP contribution >= 0.6 is 0 Å². The number of rotatable bonds is 3. The summed E-state index contributed by atoms with van der Waals surface area (Å²) < 4.78 is 0. The Kier molecular flexibility index (Phi) is 3.67. The normalized spacial score (nSPS) is 12.4. The fourth-order valence-electron chi connectivity index (χ4n) is 1.88. The third-order valence-electron chi connectivity index (χ3n) is 3.20. The first kappa shape index (κ1) is 12.6. The summed E-state index contributed by atoms with van der Waals surface area (Å²) in [5, 5.41) is 3.20. The zero-order valence-corrected chi connectivity index (χ0v) is 11.2. The van der Waals surface area contributed by atoms with E-state index < -0.39 is 0 Å². The van der Waals surface area contributed by atoms with Crippen molar-refractivity contribution < 1.29 is 0 Å². The van der Waals surface area contributed by atoms with Gasteiger partial charge in [0.1, 0.15) is 0 Å². The van der Waals surface area contributed by atoms with Gasteiger partial charge in [-0.15, -0.1) is 0 Å². The highest BCUT2D eigenvalue weighted by Crippen LogP contribution is 2.21. The molecule has 0 aromatic carbocycles. The zero-order valence-electron chi connectivity index (χ0n) is 11.2. The van der Waals surface area contributed by atoms with E-state index in [1.807, 2.05) is 39.4 Å². The lowest BCUT2D eigenvalue weighted by atomic mass is 10.1. The fraction of sp³-hybridized carbons (Fsp3) is 0.357. The molecule has 0 spiro atoms. The first-order chi connectivity index (χ1) is 8.63. The maximum absolute atomic E-state index is 4.58. The van der Waals surface area contributed by atoms with E-state index in [1.165, 1.54) is 0 Å². The summed E-state index contributed by atoms with van der Waals surface area (Å²) in [7, 11) is 1.93. The molecule has 0 saturated carbocycles. The van der Waals surface area contributed by atoms with Crippen LogP contribution in [0.4, 0.5) is 0 Å². The Bertz CT molecular complexity index is 551. The molecule has 1 unspecified atom stereocenters. The van der Waals surface area contributed by atoms with Crippen LogP contribution in [-0.2, 0) is 0 Å². The summed E-state index contributed by atoms with van der Waals surface area (Å²) in [4.78, 5) is 13.2. The van der Waals surface area contributed by atoms with Gasteiger partial charge in [0.05, 0.1) is 0 Å². The highest BCUT2D eigenvalue weighted by molar-refractivity contribution is 5.58. The van der Waals surface area contributed by atoms with E-state index in [4.69, 9.17) is 0 Å². The lowest BCUT2D eigenvalue weighted by Crippen LogP contribution is -2.15. The van der Waals surface area contributed by atoms with Gasteiger partial charge in [0, 0.05) is 41.5 Å². The van der Waals surface area contributed by atoms with Crippen LogP contribution in [0.3, 0.4) is 0 Å². The molecule has 0 aliphatic carbocycles. The molecule has 0 aliphatic heterocycles. The smallest absolute Gasteiger partial charge is 0.161 e. The number of aryl methyl sites for hydroxylation is 2. The van der Waals surface area contributed by atoms with Gasteiger partial charge in [0.25, 0.3) is 0 Å². The first-order valence-electron chi connectivity index (χ1n) is 6.05. The molecule has 18 heavy (non-hydrogen) atoms. The molecule has 2 aromatic rings. The molecule has 0 radical (unpaired) electrons. The van der Waals surface area contributed by atoms with Gasteiger partial charge in [0.15, 0.2) is 5.82 Å². The summed E-state index contributed by atoms with van der Waals surface area (Å²) >= 11 is 0. The number of aromatic nitrogens is 3. The predicted octanol–water partition coefficient (Wildman–Crippen LogP) is 2.44. The van der Waals surface area contributed by atoms with Crippen molar-refractivity contribution in [1.82, 2.24) is 20.3 Å². The molecule has 94 valence electrons. The Balaban J connectivity index is 2.44. The van der Waals surface area contributed by atoms with Gasteiger partial charge in [-0.1, -0.05) is 0 Å². The zero-order chi connectivity index (χ0) is 13.1. The Morgan fingerprint density at radius 2 is 2.00 bits per heavy atom. The molecule has 0 saturated heterocycles. The molecule has 2 rings (SSSR count). The van der Waals surface area contributed by atoms with E-state index >= 15 is 0 Å². The monoisotopic (exact) mass is 242 g/mol. The maximum atomic E-state index is 4.58. The number of hydrogen-bond donors (Lipinski definition) is 1. The molecule has 0 aliphatic rings. The molecule has 4 heteroatoms. The van der Waals surface area contributed by atoms with E-state index in [9.17, 15) is 0 Å². The minimum atomic E-state index is 0.258. The van der Waals surface area contributed by atoms with Crippen molar-refractivity contribution in [1.29, 1.82) is 0 Å². The molecular formula is C14H18N4. The van der Waals surface area contributed by atoms with E-state index in [-0.39, 0.29) is 6.04 Å². The Morgan fingerprint density at radius 3 is 2.61 bits per heavy atom. The van der Waals surface area contributed by atoms with E-state index in [0.29, 0.717) is 0 Å². The summed E-state index contributed by atoms with van der Waals surface area (Å²) in [5.74, 6) is 0.741. The second kappa shape index (κ2) is 5.23. The van der Waals surface area contributed by atoms with Crippen molar-refractivity contribution in [3.05, 3.63) is 41.5 Å². The standard InChI is InChI=1S/C14H18N4/c1-9-5-6-16-7-12(9)14-17-8-13(10(2)15-4)11(3)18-14/h5-8,10,15H,1-4H3. The van der Waals surface area contributed by atoms with E-state index in [1.54, 1.807) is 6.20 Å². The molecule has 0 bridgehead atoms. The van der Waals surface area contributed by atoms with Gasteiger partial charge in [-0.3, -0.25) is 4.98 Å². The average molecular weight is 242 g/mol. The van der Waals surface area contributed by atoms with Gasteiger partial charge in [-0.2, -0.15) is 0 Å². The van der Waals surface area contributed by atoms with Crippen LogP contribution < -0.4 is 5.32 Å². The molecule has 2 aromatic heterocycles. The van der Waals surface area contributed by atoms with Gasteiger partial charge in [-0.25, -0.2) is 9.97 Å². The number of nitrogens with one attached hydrogen (secondary N) is 1. The summed E-state index contributed by atoms with van der Waals surface area (Å²) in [6, 6.07) is 2.23. The second-order valence-corrected chi connectivity index (χ2v) is 4.44. The first-order valence-corrected chi connectivity index (χ1v) is 6.05. The highest BCUT2D eigenvalue weighted by Gasteiger charge is 2.11. The van der Waals surface area contributed by atoms with Crippen LogP contribution in [-0.4, -0.2) is 22.0 Å². The molecule has 4 nitrogen and oxygen atoms in total. The van der Waals surface area contributed by atoms with E-state index in [0.717, 1.165) is 28.2 Å². The van der Waals surface area contributed by atoms with Crippen LogP contribution in [0, 0.1) is 13.8 Å². The summed E-state index contributed by atoms with van der Waals surface area (Å²) in [6.07, 6.45) is 5.49. The van der Waals surface area contributed by atoms with Crippen LogP contribution in [0.2, 0.25) is 0 Å². The summed E-state index contributed by atoms with van der Waals surface area (Å²) in [5.41, 5.74) is 4.26. The highest BCUT2D eigenvalue weighted by atomic mass is 14.9. The lowest BCUT2D eigenvalue weighted by Gasteiger charge is -2.13. The number of hydrogen-bond acceptors (Lipinski definition) is 4. The van der Waals surface area contributed by atoms with Crippen molar-refractivity contribution >= 4 is 0 Å². The average Bonchev–Trinajstić information content (AvgIpc) is 2.38. The van der Waals surface area contributed by atoms with Crippen molar-refractivity contribution in [3.63, 3.8) is 0 Å². The van der Waals surface area contributed by atoms with Gasteiger partial charge >= 0.3 is 0 Å². The van der Waals surface area contributed by atoms with Crippen LogP contribution in [0.1, 0.15) is 29.8 Å². The van der Waals surface area contributed by atoms with Crippen molar-refractivity contribution in [2.45, 2.75) is 26.8 Å². The largest absolute Gasteiger partial charge is 0.313 e. The molecular weight excluding hydrogens is 224 g/mol. The minimum Gasteiger partial charge on any atom is -0.313 e. The van der Waals surface area contributed by atoms with Crippen molar-refractivity contribution in [3.8, 4) is 11.4 Å². The van der Waals surface area contributed by atoms with Gasteiger partial charge in [0.2, 0.25) is 0 Å². The minimum absolute atomic E-state index is 0.258. The SMILES string of the molecule is CNC(C)c1cnc(-c2cnccc2C)nc1C. The quantitative estimate of drug-likeness (QED) is 0.898. The van der Waals surface area contributed by atoms with Gasteiger partial charge < -0.3 is 5.32 Å². The predicted molar refractivity (Wildman–Crippen MR) is 72.2 cm³/mol. The topological polar surface area (TPSA) is 50.7 Å². The second-order valence-electron chi connectivity index (χ2n) is 4.44. The Hall–Kier alpha value is -1.81. The molecule has 0 fully saturated rings. The summed E-state index contributed by atoms with van der Waals surface area (Å²) in [6.45, 7) is 6.15. The van der Waals surface area contributed by atoms with Crippen LogP contribution in [0.15, 0.2) is 24.7 Å². The number of nitrogens with zero attached hydrogens (tertiary/aromatic N) is 3. The molecule has 1 N–H and O–H groups in total. The fourth-order valence-corrected chi connectivity index (χ4v) is 1.88. The van der Waals surface area contributed by atoms with Crippen LogP contribution in [0.5, 0.6) is 0 Å². The Labute approximate surface area is 108 Å². The van der Waals surface area contributed by atoms with E-state index in [2.05, 4.69) is 27.2 Å². The third-order valence-corrected chi connectivity index (χ3v) is 3.20. The van der Waals surface area contributed by atoms with Crippen molar-refractivity contribution in [2.24, 2.45) is 0 Å². The molecule has 2 heterocycles. The maximum Gasteiger partial charge on any atom is 0.161 e. The lowest BCUT2D eigenvalue weighted by molar-refractivity contribution is 0.641. The van der Waals surface area contributed by atoms with Crippen LogP contribution in [0.25, 0.3) is 11.4 Å². The molecule has 0 amide bonds. The van der Waals surface area contributed by atoms with Crippen molar-refractivity contribution in [2.75, 3.05) is 7.05 Å². The molecule has 1 atom stereocenters. The Morgan fingerprint density at radius 1 is 1.22 bits per heavy atom. The third kappa shape index (κ3) is 2.38.